The highest BCUT2D eigenvalue weighted by atomic mass is 35.5. The van der Waals surface area contributed by atoms with E-state index in [-0.39, 0.29) is 10.2 Å². The minimum Gasteiger partial charge on any atom is -0.384 e. The number of benzene rings is 1. The Labute approximate surface area is 179 Å². The molecule has 1 atom stereocenters. The first kappa shape index (κ1) is 22.2. The Balaban J connectivity index is 1.51. The summed E-state index contributed by atoms with van der Waals surface area (Å²) in [4.78, 5) is 5.75. The Morgan fingerprint density at radius 1 is 1.38 bits per heavy atom. The van der Waals surface area contributed by atoms with E-state index in [9.17, 15) is 12.8 Å². The third-order valence-electron chi connectivity index (χ3n) is 4.88. The third kappa shape index (κ3) is 6.02. The monoisotopic (exact) mass is 461 g/mol. The largest absolute Gasteiger partial charge is 0.384 e. The number of sulfonamides is 1. The fourth-order valence-electron chi connectivity index (χ4n) is 3.31. The number of unbranched alkanes of at least 4 members (excludes halogenated alkanes) is 1. The maximum atomic E-state index is 14.5. The molecule has 3 rings (SSSR count). The van der Waals surface area contributed by atoms with E-state index in [1.165, 1.54) is 6.20 Å². The number of hydrogen-bond acceptors (Lipinski definition) is 7. The van der Waals surface area contributed by atoms with Gasteiger partial charge in [0.25, 0.3) is 10.0 Å². The van der Waals surface area contributed by atoms with E-state index in [0.717, 1.165) is 68.9 Å². The fourth-order valence-corrected chi connectivity index (χ4v) is 5.48. The zero-order chi connectivity index (χ0) is 20.9. The van der Waals surface area contributed by atoms with E-state index in [1.807, 2.05) is 0 Å². The van der Waals surface area contributed by atoms with E-state index in [4.69, 9.17) is 17.3 Å². The van der Waals surface area contributed by atoms with Crippen LogP contribution in [0.4, 0.5) is 15.2 Å². The van der Waals surface area contributed by atoms with Crippen molar-refractivity contribution in [3.63, 3.8) is 0 Å². The third-order valence-corrected chi connectivity index (χ3v) is 7.37. The van der Waals surface area contributed by atoms with Crippen LogP contribution >= 0.6 is 22.9 Å². The molecule has 1 aromatic carbocycles. The molecule has 2 heterocycles. The molecule has 0 amide bonds. The van der Waals surface area contributed by atoms with Crippen LogP contribution in [0.1, 0.15) is 19.3 Å². The molecular formula is C18H25ClFN5O2S2. The van der Waals surface area contributed by atoms with Crippen LogP contribution in [0.5, 0.6) is 0 Å². The van der Waals surface area contributed by atoms with Crippen molar-refractivity contribution in [2.24, 2.45) is 11.7 Å². The lowest BCUT2D eigenvalue weighted by atomic mass is 10.1. The van der Waals surface area contributed by atoms with Crippen LogP contribution in [0.25, 0.3) is 0 Å². The Bertz CT molecular complexity index is 911. The molecule has 1 aliphatic heterocycles. The smallest absolute Gasteiger partial charge is 0.266 e. The summed E-state index contributed by atoms with van der Waals surface area (Å²) in [6.07, 6.45) is 4.53. The zero-order valence-corrected chi connectivity index (χ0v) is 18.3. The van der Waals surface area contributed by atoms with Gasteiger partial charge in [0.2, 0.25) is 0 Å². The molecule has 0 saturated carbocycles. The van der Waals surface area contributed by atoms with Gasteiger partial charge in [-0.3, -0.25) is 4.72 Å². The lowest BCUT2D eigenvalue weighted by Crippen LogP contribution is -2.24. The summed E-state index contributed by atoms with van der Waals surface area (Å²) in [6.45, 7) is 4.53. The molecule has 0 aliphatic carbocycles. The van der Waals surface area contributed by atoms with Gasteiger partial charge in [0, 0.05) is 24.7 Å². The van der Waals surface area contributed by atoms with Gasteiger partial charge in [-0.05, 0) is 56.9 Å². The van der Waals surface area contributed by atoms with Crippen molar-refractivity contribution in [2.45, 2.75) is 24.2 Å². The summed E-state index contributed by atoms with van der Waals surface area (Å²) >= 11 is 7.29. The van der Waals surface area contributed by atoms with Gasteiger partial charge in [-0.25, -0.2) is 17.8 Å². The van der Waals surface area contributed by atoms with Crippen molar-refractivity contribution in [3.8, 4) is 0 Å². The summed E-state index contributed by atoms with van der Waals surface area (Å²) < 4.78 is 41.5. The molecular weight excluding hydrogens is 437 g/mol. The number of thiazole rings is 1. The van der Waals surface area contributed by atoms with Crippen LogP contribution in [-0.4, -0.2) is 51.0 Å². The molecule has 1 fully saturated rings. The number of nitrogens with one attached hydrogen (secondary N) is 2. The lowest BCUT2D eigenvalue weighted by molar-refractivity contribution is 0.319. The van der Waals surface area contributed by atoms with Gasteiger partial charge in [0.1, 0.15) is 10.7 Å². The van der Waals surface area contributed by atoms with Crippen molar-refractivity contribution in [1.82, 2.24) is 9.88 Å². The van der Waals surface area contributed by atoms with Crippen molar-refractivity contribution >= 4 is 43.8 Å². The minimum atomic E-state index is -4.10. The topological polar surface area (TPSA) is 100 Å². The van der Waals surface area contributed by atoms with Crippen molar-refractivity contribution < 1.29 is 12.8 Å². The summed E-state index contributed by atoms with van der Waals surface area (Å²) in [6, 6.07) is 2.23. The van der Waals surface area contributed by atoms with Gasteiger partial charge in [0.15, 0.2) is 5.13 Å². The van der Waals surface area contributed by atoms with Gasteiger partial charge in [0.05, 0.1) is 10.7 Å². The predicted molar refractivity (Wildman–Crippen MR) is 116 cm³/mol. The summed E-state index contributed by atoms with van der Waals surface area (Å²) in [7, 11) is -4.10. The Kier molecular flexibility index (Phi) is 7.69. The fraction of sp³-hybridized carbons (Fsp3) is 0.500. The van der Waals surface area contributed by atoms with Gasteiger partial charge in [-0.1, -0.05) is 11.6 Å². The summed E-state index contributed by atoms with van der Waals surface area (Å²) in [5.41, 5.74) is 6.09. The molecule has 7 nitrogen and oxygen atoms in total. The van der Waals surface area contributed by atoms with E-state index in [0.29, 0.717) is 18.2 Å². The molecule has 2 aromatic rings. The molecule has 0 radical (unpaired) electrons. The Morgan fingerprint density at radius 3 is 2.90 bits per heavy atom. The van der Waals surface area contributed by atoms with Crippen LogP contribution in [-0.2, 0) is 10.0 Å². The van der Waals surface area contributed by atoms with E-state index < -0.39 is 20.7 Å². The first-order valence-corrected chi connectivity index (χ1v) is 12.2. The second-order valence-electron chi connectivity index (χ2n) is 7.03. The molecule has 0 bridgehead atoms. The predicted octanol–water partition coefficient (Wildman–Crippen LogP) is 3.21. The Morgan fingerprint density at radius 2 is 2.21 bits per heavy atom. The summed E-state index contributed by atoms with van der Waals surface area (Å²) in [5, 5.41) is 5.02. The molecule has 1 saturated heterocycles. The van der Waals surface area contributed by atoms with Crippen molar-refractivity contribution in [3.05, 3.63) is 34.5 Å². The van der Waals surface area contributed by atoms with Crippen LogP contribution in [0.2, 0.25) is 5.02 Å². The zero-order valence-electron chi connectivity index (χ0n) is 15.9. The van der Waals surface area contributed by atoms with Gasteiger partial charge in [-0.15, -0.1) is 11.3 Å². The average Bonchev–Trinajstić information content (AvgIpc) is 3.35. The van der Waals surface area contributed by atoms with Gasteiger partial charge >= 0.3 is 0 Å². The number of likely N-dealkylation sites (tertiary alicyclic amines) is 1. The minimum absolute atomic E-state index is 0.149. The Hall–Kier alpha value is -1.46. The van der Waals surface area contributed by atoms with Crippen molar-refractivity contribution in [1.29, 1.82) is 0 Å². The maximum Gasteiger partial charge on any atom is 0.266 e. The van der Waals surface area contributed by atoms with Gasteiger partial charge in [-0.2, -0.15) is 0 Å². The molecule has 1 unspecified atom stereocenters. The molecule has 0 spiro atoms. The van der Waals surface area contributed by atoms with E-state index in [2.05, 4.69) is 19.9 Å². The maximum absolute atomic E-state index is 14.5. The normalized spacial score (nSPS) is 17.6. The van der Waals surface area contributed by atoms with Crippen LogP contribution in [0.15, 0.2) is 28.6 Å². The summed E-state index contributed by atoms with van der Waals surface area (Å²) in [5.74, 6) is -0.263. The average molecular weight is 462 g/mol. The molecule has 11 heteroatoms. The van der Waals surface area contributed by atoms with Crippen LogP contribution in [0, 0.1) is 11.7 Å². The number of anilines is 2. The molecule has 1 aliphatic rings. The quantitative estimate of drug-likeness (QED) is 0.470. The molecule has 160 valence electrons. The van der Waals surface area contributed by atoms with E-state index >= 15 is 0 Å². The second kappa shape index (κ2) is 10.0. The molecule has 4 N–H and O–H groups in total. The van der Waals surface area contributed by atoms with Crippen molar-refractivity contribution in [2.75, 3.05) is 42.8 Å². The number of nitrogens with two attached hydrogens (primary N) is 1. The second-order valence-corrected chi connectivity index (χ2v) is 9.98. The molecule has 1 aromatic heterocycles. The van der Waals surface area contributed by atoms with Crippen LogP contribution in [0.3, 0.4) is 0 Å². The molecule has 29 heavy (non-hydrogen) atoms. The lowest BCUT2D eigenvalue weighted by Gasteiger charge is -2.16. The highest BCUT2D eigenvalue weighted by molar-refractivity contribution is 7.93. The van der Waals surface area contributed by atoms with Crippen LogP contribution < -0.4 is 15.8 Å². The number of halogens is 2. The number of rotatable bonds is 10. The standard InChI is InChI=1S/C18H25ClFN5O2S2/c19-14-9-17(29(26,27)24-18-23-5-8-28-18)15(20)10-16(14)22-4-1-2-6-25-7-3-13(11-21)12-25/h5,8-10,13,22H,1-4,6-7,11-12,21H2,(H,23,24). The highest BCUT2D eigenvalue weighted by Crippen LogP contribution is 2.29. The SMILES string of the molecule is NCC1CCN(CCCCNc2cc(F)c(S(=O)(=O)Nc3nccs3)cc2Cl)C1. The number of nitrogens with zero attached hydrogens (tertiary/aromatic N) is 2. The first-order valence-electron chi connectivity index (χ1n) is 9.46. The first-order chi connectivity index (χ1) is 13.9. The highest BCUT2D eigenvalue weighted by Gasteiger charge is 2.23. The number of hydrogen-bond donors (Lipinski definition) is 3. The number of aromatic nitrogens is 1. The van der Waals surface area contributed by atoms with Gasteiger partial charge < -0.3 is 16.0 Å². The van der Waals surface area contributed by atoms with E-state index in [1.54, 1.807) is 5.38 Å².